The van der Waals surface area contributed by atoms with E-state index in [0.29, 0.717) is 11.8 Å². The molecule has 0 spiro atoms. The molecular formula is C13H17Br2NOS. The van der Waals surface area contributed by atoms with Gasteiger partial charge < -0.3 is 5.32 Å². The molecule has 1 aliphatic rings. The first-order valence-corrected chi connectivity index (χ1v) is 9.09. The van der Waals surface area contributed by atoms with Crippen molar-refractivity contribution in [2.75, 3.05) is 11.9 Å². The highest BCUT2D eigenvalue weighted by atomic mass is 79.9. The van der Waals surface area contributed by atoms with Gasteiger partial charge in [-0.15, -0.1) is 11.3 Å². The van der Waals surface area contributed by atoms with Gasteiger partial charge in [-0.05, 0) is 52.1 Å². The van der Waals surface area contributed by atoms with E-state index in [2.05, 4.69) is 37.2 Å². The van der Waals surface area contributed by atoms with Crippen molar-refractivity contribution in [2.24, 2.45) is 11.8 Å². The molecule has 1 N–H and O–H groups in total. The summed E-state index contributed by atoms with van der Waals surface area (Å²) in [5.74, 6) is 1.39. The van der Waals surface area contributed by atoms with Crippen LogP contribution in [0.4, 0.5) is 0 Å². The van der Waals surface area contributed by atoms with Crippen LogP contribution in [-0.4, -0.2) is 17.8 Å². The predicted molar refractivity (Wildman–Crippen MR) is 83.6 cm³/mol. The second kappa shape index (κ2) is 7.06. The molecule has 2 unspecified atom stereocenters. The van der Waals surface area contributed by atoms with Crippen molar-refractivity contribution in [3.05, 3.63) is 20.8 Å². The zero-order valence-electron chi connectivity index (χ0n) is 10.1. The van der Waals surface area contributed by atoms with E-state index < -0.39 is 0 Å². The van der Waals surface area contributed by atoms with Gasteiger partial charge in [0, 0.05) is 16.3 Å². The summed E-state index contributed by atoms with van der Waals surface area (Å²) >= 11 is 8.47. The third kappa shape index (κ3) is 3.58. The molecule has 100 valence electrons. The van der Waals surface area contributed by atoms with Crippen LogP contribution in [-0.2, 0) is 0 Å². The number of carbonyl (C=O) groups excluding carboxylic acids is 1. The zero-order chi connectivity index (χ0) is 13.0. The van der Waals surface area contributed by atoms with Gasteiger partial charge in [-0.3, -0.25) is 4.79 Å². The monoisotopic (exact) mass is 393 g/mol. The number of rotatable bonds is 4. The van der Waals surface area contributed by atoms with Crippen LogP contribution in [0.5, 0.6) is 0 Å². The van der Waals surface area contributed by atoms with E-state index in [9.17, 15) is 4.79 Å². The molecule has 1 heterocycles. The molecular weight excluding hydrogens is 378 g/mol. The molecule has 1 fully saturated rings. The highest BCUT2D eigenvalue weighted by Crippen LogP contribution is 2.31. The first-order chi connectivity index (χ1) is 8.72. The summed E-state index contributed by atoms with van der Waals surface area (Å²) in [6, 6.07) is 1.92. The van der Waals surface area contributed by atoms with Gasteiger partial charge in [0.15, 0.2) is 0 Å². The Morgan fingerprint density at radius 1 is 1.39 bits per heavy atom. The number of thiophene rings is 1. The van der Waals surface area contributed by atoms with Crippen molar-refractivity contribution in [1.29, 1.82) is 0 Å². The van der Waals surface area contributed by atoms with Crippen LogP contribution < -0.4 is 5.32 Å². The Labute approximate surface area is 129 Å². The van der Waals surface area contributed by atoms with E-state index in [1.807, 2.05) is 11.4 Å². The van der Waals surface area contributed by atoms with E-state index in [1.165, 1.54) is 37.0 Å². The van der Waals surface area contributed by atoms with Crippen molar-refractivity contribution in [3.63, 3.8) is 0 Å². The molecule has 5 heteroatoms. The van der Waals surface area contributed by atoms with E-state index >= 15 is 0 Å². The molecule has 1 aliphatic carbocycles. The molecule has 0 aromatic carbocycles. The Morgan fingerprint density at radius 3 is 2.72 bits per heavy atom. The molecule has 0 aliphatic heterocycles. The summed E-state index contributed by atoms with van der Waals surface area (Å²) in [7, 11) is 0. The van der Waals surface area contributed by atoms with Crippen LogP contribution in [0.1, 0.15) is 35.4 Å². The van der Waals surface area contributed by atoms with E-state index in [-0.39, 0.29) is 5.91 Å². The molecule has 1 saturated carbocycles. The SMILES string of the molecule is O=C(NCC1CCCCC1CBr)c1sccc1Br. The van der Waals surface area contributed by atoms with Gasteiger partial charge in [0.1, 0.15) is 4.88 Å². The average molecular weight is 395 g/mol. The normalized spacial score (nSPS) is 23.9. The van der Waals surface area contributed by atoms with Crippen LogP contribution >= 0.6 is 43.2 Å². The van der Waals surface area contributed by atoms with Gasteiger partial charge in [0.2, 0.25) is 0 Å². The number of halogens is 2. The predicted octanol–water partition coefficient (Wildman–Crippen LogP) is 4.44. The largest absolute Gasteiger partial charge is 0.351 e. The molecule has 0 bridgehead atoms. The fourth-order valence-electron chi connectivity index (χ4n) is 2.52. The molecule has 0 radical (unpaired) electrons. The maximum atomic E-state index is 12.0. The number of nitrogens with one attached hydrogen (secondary N) is 1. The fourth-order valence-corrected chi connectivity index (χ4v) is 4.84. The Bertz CT molecular complexity index is 407. The van der Waals surface area contributed by atoms with Gasteiger partial charge in [-0.25, -0.2) is 0 Å². The number of carbonyl (C=O) groups is 1. The standard InChI is InChI=1S/C13H17Br2NOS/c14-7-9-3-1-2-4-10(9)8-16-13(17)12-11(15)5-6-18-12/h5-6,9-10H,1-4,7-8H2,(H,16,17). The highest BCUT2D eigenvalue weighted by Gasteiger charge is 2.24. The van der Waals surface area contributed by atoms with Gasteiger partial charge in [-0.2, -0.15) is 0 Å². The van der Waals surface area contributed by atoms with Gasteiger partial charge in [0.25, 0.3) is 5.91 Å². The Kier molecular flexibility index (Phi) is 5.70. The lowest BCUT2D eigenvalue weighted by Crippen LogP contribution is -2.34. The smallest absolute Gasteiger partial charge is 0.262 e. The van der Waals surface area contributed by atoms with Crippen LogP contribution in [0, 0.1) is 11.8 Å². The fraction of sp³-hybridized carbons (Fsp3) is 0.615. The summed E-state index contributed by atoms with van der Waals surface area (Å²) in [5.41, 5.74) is 0. The summed E-state index contributed by atoms with van der Waals surface area (Å²) in [6.45, 7) is 0.805. The minimum absolute atomic E-state index is 0.0516. The highest BCUT2D eigenvalue weighted by molar-refractivity contribution is 9.10. The second-order valence-corrected chi connectivity index (χ2v) is 7.18. The Morgan fingerprint density at radius 2 is 2.11 bits per heavy atom. The van der Waals surface area contributed by atoms with Crippen LogP contribution in [0.15, 0.2) is 15.9 Å². The van der Waals surface area contributed by atoms with Crippen molar-refractivity contribution in [3.8, 4) is 0 Å². The summed E-state index contributed by atoms with van der Waals surface area (Å²) < 4.78 is 0.894. The molecule has 2 atom stereocenters. The lowest BCUT2D eigenvalue weighted by atomic mass is 9.80. The summed E-state index contributed by atoms with van der Waals surface area (Å²) in [4.78, 5) is 12.8. The van der Waals surface area contributed by atoms with Gasteiger partial charge >= 0.3 is 0 Å². The lowest BCUT2D eigenvalue weighted by Gasteiger charge is -2.30. The molecule has 1 aromatic heterocycles. The number of hydrogen-bond donors (Lipinski definition) is 1. The third-order valence-corrected chi connectivity index (χ3v) is 6.28. The van der Waals surface area contributed by atoms with Crippen LogP contribution in [0.25, 0.3) is 0 Å². The molecule has 1 aromatic rings. The summed E-state index contributed by atoms with van der Waals surface area (Å²) in [5, 5.41) is 6.06. The molecule has 2 rings (SSSR count). The maximum Gasteiger partial charge on any atom is 0.262 e. The second-order valence-electron chi connectivity index (χ2n) is 4.77. The van der Waals surface area contributed by atoms with Gasteiger partial charge in [0.05, 0.1) is 0 Å². The summed E-state index contributed by atoms with van der Waals surface area (Å²) in [6.07, 6.45) is 5.15. The molecule has 0 saturated heterocycles. The Hall–Kier alpha value is 0.130. The quantitative estimate of drug-likeness (QED) is 0.751. The maximum absolute atomic E-state index is 12.0. The van der Waals surface area contributed by atoms with Crippen molar-refractivity contribution in [1.82, 2.24) is 5.32 Å². The minimum atomic E-state index is 0.0516. The molecule has 2 nitrogen and oxygen atoms in total. The van der Waals surface area contributed by atoms with Crippen molar-refractivity contribution >= 4 is 49.1 Å². The van der Waals surface area contributed by atoms with Crippen molar-refractivity contribution in [2.45, 2.75) is 25.7 Å². The van der Waals surface area contributed by atoms with E-state index in [4.69, 9.17) is 0 Å². The topological polar surface area (TPSA) is 29.1 Å². The number of alkyl halides is 1. The third-order valence-electron chi connectivity index (χ3n) is 3.61. The zero-order valence-corrected chi connectivity index (χ0v) is 14.1. The number of hydrogen-bond acceptors (Lipinski definition) is 2. The first-order valence-electron chi connectivity index (χ1n) is 6.29. The average Bonchev–Trinajstić information content (AvgIpc) is 2.82. The first kappa shape index (κ1) is 14.5. The molecule has 18 heavy (non-hydrogen) atoms. The van der Waals surface area contributed by atoms with Crippen molar-refractivity contribution < 1.29 is 4.79 Å². The van der Waals surface area contributed by atoms with Gasteiger partial charge in [-0.1, -0.05) is 28.8 Å². The van der Waals surface area contributed by atoms with Crippen LogP contribution in [0.2, 0.25) is 0 Å². The molecule has 1 amide bonds. The van der Waals surface area contributed by atoms with E-state index in [1.54, 1.807) is 0 Å². The van der Waals surface area contributed by atoms with Crippen LogP contribution in [0.3, 0.4) is 0 Å². The number of amides is 1. The lowest BCUT2D eigenvalue weighted by molar-refractivity contribution is 0.0940. The minimum Gasteiger partial charge on any atom is -0.351 e. The van der Waals surface area contributed by atoms with E-state index in [0.717, 1.165) is 21.2 Å². The Balaban J connectivity index is 1.87.